The minimum atomic E-state index is -3.80. The van der Waals surface area contributed by atoms with E-state index in [1.54, 1.807) is 24.3 Å². The van der Waals surface area contributed by atoms with Crippen LogP contribution in [-0.4, -0.2) is 26.9 Å². The van der Waals surface area contributed by atoms with E-state index in [4.69, 9.17) is 0 Å². The van der Waals surface area contributed by atoms with E-state index in [9.17, 15) is 13.2 Å². The molecule has 0 aliphatic heterocycles. The molecule has 1 amide bonds. The van der Waals surface area contributed by atoms with Crippen molar-refractivity contribution in [3.63, 3.8) is 0 Å². The third-order valence-electron chi connectivity index (χ3n) is 5.93. The van der Waals surface area contributed by atoms with Crippen LogP contribution < -0.4 is 10.0 Å². The number of hydrogen-bond acceptors (Lipinski definition) is 3. The summed E-state index contributed by atoms with van der Waals surface area (Å²) in [4.78, 5) is 13.1. The molecule has 0 bridgehead atoms. The van der Waals surface area contributed by atoms with Crippen molar-refractivity contribution in [2.24, 2.45) is 11.8 Å². The summed E-state index contributed by atoms with van der Waals surface area (Å²) in [6.45, 7) is 4.77. The zero-order chi connectivity index (χ0) is 21.6. The highest BCUT2D eigenvalue weighted by Gasteiger charge is 2.27. The van der Waals surface area contributed by atoms with Gasteiger partial charge in [-0.05, 0) is 55.7 Å². The maximum absolute atomic E-state index is 13.0. The van der Waals surface area contributed by atoms with E-state index in [0.29, 0.717) is 18.9 Å². The predicted molar refractivity (Wildman–Crippen MR) is 120 cm³/mol. The molecule has 1 fully saturated rings. The van der Waals surface area contributed by atoms with Gasteiger partial charge in [0.05, 0.1) is 4.90 Å². The van der Waals surface area contributed by atoms with Crippen molar-refractivity contribution in [1.29, 1.82) is 0 Å². The summed E-state index contributed by atoms with van der Waals surface area (Å²) in [5.74, 6) is 0.952. The molecule has 0 heterocycles. The first kappa shape index (κ1) is 22.5. The van der Waals surface area contributed by atoms with Gasteiger partial charge in [0, 0.05) is 6.54 Å². The normalized spacial score (nSPS) is 20.5. The van der Waals surface area contributed by atoms with E-state index in [1.807, 2.05) is 37.3 Å². The fraction of sp³-hybridized carbons (Fsp3) is 0.458. The van der Waals surface area contributed by atoms with E-state index in [2.05, 4.69) is 17.0 Å². The van der Waals surface area contributed by atoms with E-state index in [0.717, 1.165) is 29.9 Å². The van der Waals surface area contributed by atoms with Crippen molar-refractivity contribution in [1.82, 2.24) is 10.0 Å². The summed E-state index contributed by atoms with van der Waals surface area (Å²) in [6.07, 6.45) is 4.90. The lowest BCUT2D eigenvalue weighted by Crippen LogP contribution is -2.49. The topological polar surface area (TPSA) is 75.3 Å². The standard InChI is InChI=1S/C24H32N2O3S/c1-18-8-12-21(13-9-18)17-25-24(27)23(16-20-6-4-3-5-7-20)26-30(28,29)22-14-10-19(2)11-15-22/h3-7,10-11,14-15,18,21,23,26H,8-9,12-13,16-17H2,1-2H3,(H,25,27)/t18?,21?,23-/m0/s1. The molecular weight excluding hydrogens is 396 g/mol. The predicted octanol–water partition coefficient (Wildman–Crippen LogP) is 3.83. The molecule has 0 saturated heterocycles. The number of rotatable bonds is 8. The largest absolute Gasteiger partial charge is 0.354 e. The average molecular weight is 429 g/mol. The molecule has 1 atom stereocenters. The quantitative estimate of drug-likeness (QED) is 0.671. The van der Waals surface area contributed by atoms with Crippen LogP contribution >= 0.6 is 0 Å². The number of amides is 1. The lowest BCUT2D eigenvalue weighted by atomic mass is 9.83. The molecule has 1 aliphatic carbocycles. The number of sulfonamides is 1. The average Bonchev–Trinajstić information content (AvgIpc) is 2.73. The van der Waals surface area contributed by atoms with Gasteiger partial charge in [-0.1, -0.05) is 67.8 Å². The zero-order valence-electron chi connectivity index (χ0n) is 17.8. The lowest BCUT2D eigenvalue weighted by Gasteiger charge is -2.27. The fourth-order valence-corrected chi connectivity index (χ4v) is 5.11. The first-order valence-corrected chi connectivity index (χ1v) is 12.2. The lowest BCUT2D eigenvalue weighted by molar-refractivity contribution is -0.122. The number of hydrogen-bond donors (Lipinski definition) is 2. The molecule has 3 rings (SSSR count). The molecule has 2 aromatic rings. The number of nitrogens with one attached hydrogen (secondary N) is 2. The minimum absolute atomic E-state index is 0.167. The summed E-state index contributed by atoms with van der Waals surface area (Å²) >= 11 is 0. The van der Waals surface area contributed by atoms with Crippen molar-refractivity contribution in [2.45, 2.75) is 56.9 Å². The van der Waals surface area contributed by atoms with E-state index < -0.39 is 16.1 Å². The second-order valence-corrected chi connectivity index (χ2v) is 10.3. The summed E-state index contributed by atoms with van der Waals surface area (Å²) in [5, 5.41) is 3.00. The van der Waals surface area contributed by atoms with Gasteiger partial charge in [0.2, 0.25) is 15.9 Å². The molecule has 5 nitrogen and oxygen atoms in total. The highest BCUT2D eigenvalue weighted by atomic mass is 32.2. The van der Waals surface area contributed by atoms with Crippen LogP contribution in [0.3, 0.4) is 0 Å². The maximum Gasteiger partial charge on any atom is 0.241 e. The van der Waals surface area contributed by atoms with Crippen molar-refractivity contribution < 1.29 is 13.2 Å². The van der Waals surface area contributed by atoms with Crippen LogP contribution in [0.2, 0.25) is 0 Å². The van der Waals surface area contributed by atoms with E-state index in [1.165, 1.54) is 12.8 Å². The molecule has 1 aliphatic rings. The molecular formula is C24H32N2O3S. The molecule has 0 radical (unpaired) electrons. The summed E-state index contributed by atoms with van der Waals surface area (Å²) in [6, 6.07) is 15.3. The minimum Gasteiger partial charge on any atom is -0.354 e. The molecule has 162 valence electrons. The monoisotopic (exact) mass is 428 g/mol. The van der Waals surface area contributed by atoms with Crippen LogP contribution in [0.5, 0.6) is 0 Å². The Morgan fingerprint density at radius 1 is 1.00 bits per heavy atom. The Morgan fingerprint density at radius 2 is 1.63 bits per heavy atom. The van der Waals surface area contributed by atoms with Gasteiger partial charge in [-0.3, -0.25) is 4.79 Å². The molecule has 2 N–H and O–H groups in total. The van der Waals surface area contributed by atoms with Gasteiger partial charge in [-0.2, -0.15) is 4.72 Å². The van der Waals surface area contributed by atoms with Crippen molar-refractivity contribution in [2.75, 3.05) is 6.54 Å². The first-order chi connectivity index (χ1) is 14.3. The fourth-order valence-electron chi connectivity index (χ4n) is 3.91. The Labute approximate surface area is 180 Å². The van der Waals surface area contributed by atoms with Crippen molar-refractivity contribution in [3.05, 3.63) is 65.7 Å². The molecule has 2 aromatic carbocycles. The van der Waals surface area contributed by atoms with Crippen LogP contribution in [0, 0.1) is 18.8 Å². The van der Waals surface area contributed by atoms with Crippen molar-refractivity contribution in [3.8, 4) is 0 Å². The van der Waals surface area contributed by atoms with Gasteiger partial charge >= 0.3 is 0 Å². The number of carbonyl (C=O) groups excluding carboxylic acids is 1. The Hall–Kier alpha value is -2.18. The molecule has 0 unspecified atom stereocenters. The Bertz CT molecular complexity index is 919. The molecule has 0 spiro atoms. The van der Waals surface area contributed by atoms with Gasteiger partial charge in [-0.15, -0.1) is 0 Å². The van der Waals surface area contributed by atoms with Gasteiger partial charge < -0.3 is 5.32 Å². The van der Waals surface area contributed by atoms with Gasteiger partial charge in [0.1, 0.15) is 6.04 Å². The van der Waals surface area contributed by atoms with Gasteiger partial charge in [-0.25, -0.2) is 8.42 Å². The Balaban J connectivity index is 1.71. The second kappa shape index (κ2) is 10.2. The number of carbonyl (C=O) groups is 1. The van der Waals surface area contributed by atoms with Crippen molar-refractivity contribution >= 4 is 15.9 Å². The first-order valence-electron chi connectivity index (χ1n) is 10.7. The SMILES string of the molecule is Cc1ccc(S(=O)(=O)N[C@@H](Cc2ccccc2)C(=O)NCC2CCC(C)CC2)cc1. The van der Waals surface area contributed by atoms with Crippen LogP contribution in [0.25, 0.3) is 0 Å². The third kappa shape index (κ3) is 6.41. The number of benzene rings is 2. The van der Waals surface area contributed by atoms with Gasteiger partial charge in [0.25, 0.3) is 0 Å². The zero-order valence-corrected chi connectivity index (χ0v) is 18.6. The smallest absolute Gasteiger partial charge is 0.241 e. The van der Waals surface area contributed by atoms with Crippen LogP contribution in [0.4, 0.5) is 0 Å². The van der Waals surface area contributed by atoms with Crippen LogP contribution in [0.1, 0.15) is 43.7 Å². The van der Waals surface area contributed by atoms with Gasteiger partial charge in [0.15, 0.2) is 0 Å². The highest BCUT2D eigenvalue weighted by molar-refractivity contribution is 7.89. The van der Waals surface area contributed by atoms with E-state index >= 15 is 0 Å². The molecule has 1 saturated carbocycles. The Morgan fingerprint density at radius 3 is 2.27 bits per heavy atom. The third-order valence-corrected chi connectivity index (χ3v) is 7.42. The van der Waals surface area contributed by atoms with Crippen LogP contribution in [-0.2, 0) is 21.2 Å². The highest BCUT2D eigenvalue weighted by Crippen LogP contribution is 2.27. The summed E-state index contributed by atoms with van der Waals surface area (Å²) in [5.41, 5.74) is 1.89. The second-order valence-electron chi connectivity index (χ2n) is 8.55. The van der Waals surface area contributed by atoms with E-state index in [-0.39, 0.29) is 10.8 Å². The molecule has 6 heteroatoms. The summed E-state index contributed by atoms with van der Waals surface area (Å²) in [7, 11) is -3.80. The molecule has 0 aromatic heterocycles. The summed E-state index contributed by atoms with van der Waals surface area (Å²) < 4.78 is 28.4. The molecule has 30 heavy (non-hydrogen) atoms. The maximum atomic E-state index is 13.0. The number of aryl methyl sites for hydroxylation is 1. The Kier molecular flexibility index (Phi) is 7.67. The van der Waals surface area contributed by atoms with Crippen LogP contribution in [0.15, 0.2) is 59.5 Å².